The molecule has 0 N–H and O–H groups in total. The van der Waals surface area contributed by atoms with Gasteiger partial charge < -0.3 is 4.74 Å². The summed E-state index contributed by atoms with van der Waals surface area (Å²) in [5.74, 6) is -0.597. The van der Waals surface area contributed by atoms with Crippen LogP contribution in [0.5, 0.6) is 5.75 Å². The van der Waals surface area contributed by atoms with Crippen LogP contribution >= 0.6 is 0 Å². The highest BCUT2D eigenvalue weighted by Crippen LogP contribution is 2.37. The average Bonchev–Trinajstić information content (AvgIpc) is 2.15. The van der Waals surface area contributed by atoms with Gasteiger partial charge in [-0.05, 0) is 12.1 Å². The lowest BCUT2D eigenvalue weighted by atomic mass is 10.1. The zero-order valence-corrected chi connectivity index (χ0v) is 7.61. The van der Waals surface area contributed by atoms with Crippen molar-refractivity contribution in [2.24, 2.45) is 0 Å². The summed E-state index contributed by atoms with van der Waals surface area (Å²) >= 11 is 0. The van der Waals surface area contributed by atoms with Crippen LogP contribution in [0.25, 0.3) is 0 Å². The van der Waals surface area contributed by atoms with Crippen LogP contribution in [0, 0.1) is 0 Å². The highest BCUT2D eigenvalue weighted by molar-refractivity contribution is 5.39. The van der Waals surface area contributed by atoms with E-state index in [0.717, 1.165) is 13.2 Å². The number of alkyl halides is 5. The first-order chi connectivity index (χ1) is 6.86. The molecular weight excluding hydrogens is 219 g/mol. The lowest BCUT2D eigenvalue weighted by Crippen LogP contribution is -2.07. The molecule has 0 amide bonds. The molecule has 0 bridgehead atoms. The molecule has 0 unspecified atom stereocenters. The van der Waals surface area contributed by atoms with E-state index in [1.807, 2.05) is 0 Å². The first-order valence-corrected chi connectivity index (χ1v) is 3.89. The summed E-state index contributed by atoms with van der Waals surface area (Å²) in [6.07, 6.45) is -7.42. The minimum atomic E-state index is -4.61. The quantitative estimate of drug-likeness (QED) is 0.699. The maximum Gasteiger partial charge on any atom is 0.419 e. The van der Waals surface area contributed by atoms with Gasteiger partial charge in [-0.2, -0.15) is 13.2 Å². The molecule has 0 heterocycles. The number of hydrogen-bond donors (Lipinski definition) is 0. The van der Waals surface area contributed by atoms with Gasteiger partial charge in [0.05, 0.1) is 12.7 Å². The fraction of sp³-hybridized carbons (Fsp3) is 0.333. The zero-order chi connectivity index (χ0) is 11.6. The number of benzene rings is 1. The number of halogens is 5. The van der Waals surface area contributed by atoms with Crippen LogP contribution < -0.4 is 4.74 Å². The summed E-state index contributed by atoms with van der Waals surface area (Å²) in [5, 5.41) is 0. The predicted octanol–water partition coefficient (Wildman–Crippen LogP) is 3.65. The van der Waals surface area contributed by atoms with Crippen LogP contribution in [0.4, 0.5) is 22.0 Å². The van der Waals surface area contributed by atoms with Crippen molar-refractivity contribution in [2.45, 2.75) is 12.6 Å². The SMILES string of the molecule is COc1cc(C(F)F)ccc1C(F)(F)F. The minimum Gasteiger partial charge on any atom is -0.496 e. The van der Waals surface area contributed by atoms with E-state index in [9.17, 15) is 22.0 Å². The molecule has 0 aliphatic carbocycles. The third kappa shape index (κ3) is 2.57. The molecule has 0 spiro atoms. The summed E-state index contributed by atoms with van der Waals surface area (Å²) < 4.78 is 65.7. The van der Waals surface area contributed by atoms with Gasteiger partial charge in [0, 0.05) is 5.56 Å². The van der Waals surface area contributed by atoms with Crippen molar-refractivity contribution in [3.8, 4) is 5.75 Å². The summed E-state index contributed by atoms with van der Waals surface area (Å²) in [6, 6.07) is 2.00. The van der Waals surface area contributed by atoms with Crippen molar-refractivity contribution >= 4 is 0 Å². The second-order valence-electron chi connectivity index (χ2n) is 2.76. The van der Waals surface area contributed by atoms with E-state index in [1.54, 1.807) is 0 Å². The van der Waals surface area contributed by atoms with Gasteiger partial charge in [0.15, 0.2) is 0 Å². The van der Waals surface area contributed by atoms with E-state index in [0.29, 0.717) is 12.1 Å². The van der Waals surface area contributed by atoms with E-state index in [-0.39, 0.29) is 0 Å². The molecule has 1 nitrogen and oxygen atoms in total. The number of methoxy groups -OCH3 is 1. The summed E-state index contributed by atoms with van der Waals surface area (Å²) in [6.45, 7) is 0. The van der Waals surface area contributed by atoms with Crippen molar-refractivity contribution < 1.29 is 26.7 Å². The number of ether oxygens (including phenoxy) is 1. The van der Waals surface area contributed by atoms with Gasteiger partial charge in [0.25, 0.3) is 6.43 Å². The second-order valence-corrected chi connectivity index (χ2v) is 2.76. The Hall–Kier alpha value is -1.33. The molecule has 15 heavy (non-hydrogen) atoms. The molecule has 0 aliphatic rings. The first kappa shape index (κ1) is 11.7. The van der Waals surface area contributed by atoms with Crippen LogP contribution in [0.15, 0.2) is 18.2 Å². The normalized spacial score (nSPS) is 11.9. The Labute approximate surface area is 82.5 Å². The molecule has 1 aromatic rings. The predicted molar refractivity (Wildman–Crippen MR) is 43.0 cm³/mol. The second kappa shape index (κ2) is 4.04. The number of hydrogen-bond acceptors (Lipinski definition) is 1. The van der Waals surface area contributed by atoms with E-state index >= 15 is 0 Å². The van der Waals surface area contributed by atoms with Gasteiger partial charge in [0.1, 0.15) is 5.75 Å². The van der Waals surface area contributed by atoms with Gasteiger partial charge >= 0.3 is 6.18 Å². The van der Waals surface area contributed by atoms with Crippen molar-refractivity contribution in [3.05, 3.63) is 29.3 Å². The Balaban J connectivity index is 3.21. The molecule has 0 saturated carbocycles. The van der Waals surface area contributed by atoms with Crippen LogP contribution in [0.2, 0.25) is 0 Å². The maximum absolute atomic E-state index is 12.3. The Morgan fingerprint density at radius 3 is 2.20 bits per heavy atom. The minimum absolute atomic E-state index is 0.500. The Bertz CT molecular complexity index is 345. The maximum atomic E-state index is 12.3. The number of rotatable bonds is 2. The van der Waals surface area contributed by atoms with Crippen molar-refractivity contribution in [1.29, 1.82) is 0 Å². The third-order valence-corrected chi connectivity index (χ3v) is 1.78. The fourth-order valence-corrected chi connectivity index (χ4v) is 1.08. The molecule has 0 radical (unpaired) electrons. The Kier molecular flexibility index (Phi) is 3.16. The summed E-state index contributed by atoms with van der Waals surface area (Å²) in [5.41, 5.74) is -1.56. The first-order valence-electron chi connectivity index (χ1n) is 3.89. The van der Waals surface area contributed by atoms with E-state index < -0.39 is 29.5 Å². The lowest BCUT2D eigenvalue weighted by Gasteiger charge is -2.12. The highest BCUT2D eigenvalue weighted by Gasteiger charge is 2.34. The van der Waals surface area contributed by atoms with Crippen LogP contribution in [-0.2, 0) is 6.18 Å². The van der Waals surface area contributed by atoms with E-state index in [2.05, 4.69) is 4.74 Å². The molecular formula is C9H7F5O. The molecule has 0 aliphatic heterocycles. The van der Waals surface area contributed by atoms with Gasteiger partial charge in [-0.3, -0.25) is 0 Å². The van der Waals surface area contributed by atoms with Gasteiger partial charge in [-0.1, -0.05) is 6.07 Å². The molecule has 0 saturated heterocycles. The molecule has 6 heteroatoms. The van der Waals surface area contributed by atoms with Crippen LogP contribution in [0.3, 0.4) is 0 Å². The molecule has 1 aromatic carbocycles. The fourth-order valence-electron chi connectivity index (χ4n) is 1.08. The largest absolute Gasteiger partial charge is 0.496 e. The van der Waals surface area contributed by atoms with Crippen LogP contribution in [-0.4, -0.2) is 7.11 Å². The topological polar surface area (TPSA) is 9.23 Å². The van der Waals surface area contributed by atoms with E-state index in [1.165, 1.54) is 0 Å². The zero-order valence-electron chi connectivity index (χ0n) is 7.61. The lowest BCUT2D eigenvalue weighted by molar-refractivity contribution is -0.138. The van der Waals surface area contributed by atoms with Gasteiger partial charge in [-0.25, -0.2) is 8.78 Å². The molecule has 0 aromatic heterocycles. The Morgan fingerprint density at radius 1 is 1.20 bits per heavy atom. The average molecular weight is 226 g/mol. The molecule has 0 fully saturated rings. The third-order valence-electron chi connectivity index (χ3n) is 1.78. The summed E-state index contributed by atoms with van der Waals surface area (Å²) in [7, 11) is 1.000. The van der Waals surface area contributed by atoms with Crippen molar-refractivity contribution in [2.75, 3.05) is 7.11 Å². The molecule has 0 atom stereocenters. The smallest absolute Gasteiger partial charge is 0.419 e. The van der Waals surface area contributed by atoms with Crippen molar-refractivity contribution in [1.82, 2.24) is 0 Å². The molecule has 1 rings (SSSR count). The van der Waals surface area contributed by atoms with Gasteiger partial charge in [-0.15, -0.1) is 0 Å². The Morgan fingerprint density at radius 2 is 1.80 bits per heavy atom. The van der Waals surface area contributed by atoms with E-state index in [4.69, 9.17) is 0 Å². The highest BCUT2D eigenvalue weighted by atomic mass is 19.4. The standard InChI is InChI=1S/C9H7F5O/c1-15-7-4-5(8(10)11)2-3-6(7)9(12,13)14/h2-4,8H,1H3. The monoisotopic (exact) mass is 226 g/mol. The molecule has 84 valence electrons. The summed E-state index contributed by atoms with van der Waals surface area (Å²) in [4.78, 5) is 0. The van der Waals surface area contributed by atoms with Crippen molar-refractivity contribution in [3.63, 3.8) is 0 Å². The van der Waals surface area contributed by atoms with Crippen LogP contribution in [0.1, 0.15) is 17.6 Å². The van der Waals surface area contributed by atoms with Gasteiger partial charge in [0.2, 0.25) is 0 Å².